The average Bonchev–Trinajstić information content (AvgIpc) is 2.69. The smallest absolute Gasteiger partial charge is 0.225 e. The number of aliphatic hydroxyl groups is 1. The van der Waals surface area contributed by atoms with Gasteiger partial charge in [-0.25, -0.2) is 4.98 Å². The van der Waals surface area contributed by atoms with E-state index < -0.39 is 0 Å². The number of nitrogens with zero attached hydrogens (tertiary/aromatic N) is 3. The normalized spacial score (nSPS) is 11.8. The fourth-order valence-corrected chi connectivity index (χ4v) is 2.51. The van der Waals surface area contributed by atoms with E-state index in [0.29, 0.717) is 5.95 Å². The molecule has 3 aromatic rings. The van der Waals surface area contributed by atoms with Crippen LogP contribution in [0.2, 0.25) is 0 Å². The predicted octanol–water partition coefficient (Wildman–Crippen LogP) is 2.99. The number of nitrogens with one attached hydrogen (secondary N) is 2. The molecule has 0 spiro atoms. The van der Waals surface area contributed by atoms with E-state index >= 15 is 0 Å². The van der Waals surface area contributed by atoms with Crippen molar-refractivity contribution in [1.29, 1.82) is 0 Å². The van der Waals surface area contributed by atoms with Gasteiger partial charge in [0.1, 0.15) is 5.82 Å². The molecule has 1 aromatic carbocycles. The van der Waals surface area contributed by atoms with E-state index in [2.05, 4.69) is 37.7 Å². The summed E-state index contributed by atoms with van der Waals surface area (Å²) in [6.07, 6.45) is 4.41. The summed E-state index contributed by atoms with van der Waals surface area (Å²) in [5, 5.41) is 15.8. The summed E-state index contributed by atoms with van der Waals surface area (Å²) in [4.78, 5) is 13.2. The van der Waals surface area contributed by atoms with Gasteiger partial charge in [0.25, 0.3) is 0 Å². The van der Waals surface area contributed by atoms with Crippen LogP contribution >= 0.6 is 0 Å². The molecule has 0 aliphatic rings. The monoisotopic (exact) mass is 349 g/mol. The fourth-order valence-electron chi connectivity index (χ4n) is 2.51. The number of hydrogen-bond donors (Lipinski definition) is 3. The van der Waals surface area contributed by atoms with Crippen LogP contribution in [0.4, 0.5) is 11.8 Å². The Morgan fingerprint density at radius 2 is 1.92 bits per heavy atom. The molecule has 3 rings (SSSR count). The summed E-state index contributed by atoms with van der Waals surface area (Å²) in [5.74, 6) is 1.22. The zero-order chi connectivity index (χ0) is 18.2. The van der Waals surface area contributed by atoms with Crippen LogP contribution in [-0.4, -0.2) is 39.3 Å². The van der Waals surface area contributed by atoms with Gasteiger partial charge in [0.2, 0.25) is 5.95 Å². The van der Waals surface area contributed by atoms with Crippen molar-refractivity contribution in [3.63, 3.8) is 0 Å². The number of aromatic nitrogens is 3. The molecule has 1 atom stereocenters. The molecule has 3 N–H and O–H groups in total. The number of anilines is 2. The lowest BCUT2D eigenvalue weighted by molar-refractivity contribution is 0.281. The van der Waals surface area contributed by atoms with E-state index in [1.54, 1.807) is 12.4 Å². The lowest BCUT2D eigenvalue weighted by atomic mass is 10.1. The Labute approximate surface area is 153 Å². The molecule has 0 aliphatic heterocycles. The number of pyridine rings is 1. The van der Waals surface area contributed by atoms with Gasteiger partial charge in [-0.3, -0.25) is 4.98 Å². The van der Waals surface area contributed by atoms with Crippen molar-refractivity contribution in [1.82, 2.24) is 15.0 Å². The van der Waals surface area contributed by atoms with E-state index in [0.717, 1.165) is 30.0 Å². The summed E-state index contributed by atoms with van der Waals surface area (Å²) in [6, 6.07) is 15.9. The second-order valence-corrected chi connectivity index (χ2v) is 6.09. The van der Waals surface area contributed by atoms with Crippen LogP contribution in [-0.2, 0) is 6.42 Å². The Morgan fingerprint density at radius 3 is 2.65 bits per heavy atom. The second kappa shape index (κ2) is 8.92. The maximum atomic E-state index is 9.28. The summed E-state index contributed by atoms with van der Waals surface area (Å²) < 4.78 is 0. The Bertz CT molecular complexity index is 811. The zero-order valence-electron chi connectivity index (χ0n) is 14.8. The van der Waals surface area contributed by atoms with Gasteiger partial charge in [-0.15, -0.1) is 0 Å². The van der Waals surface area contributed by atoms with E-state index in [4.69, 9.17) is 0 Å². The van der Waals surface area contributed by atoms with Gasteiger partial charge >= 0.3 is 0 Å². The minimum atomic E-state index is -0.128. The van der Waals surface area contributed by atoms with Crippen molar-refractivity contribution in [3.05, 3.63) is 66.5 Å². The van der Waals surface area contributed by atoms with Crippen molar-refractivity contribution < 1.29 is 5.11 Å². The van der Waals surface area contributed by atoms with Gasteiger partial charge in [-0.1, -0.05) is 30.3 Å². The van der Waals surface area contributed by atoms with E-state index in [1.165, 1.54) is 5.56 Å². The maximum absolute atomic E-state index is 9.28. The molecular formula is C20H23N5O. The van der Waals surface area contributed by atoms with Gasteiger partial charge in [0, 0.05) is 36.6 Å². The fraction of sp³-hybridized carbons (Fsp3) is 0.250. The van der Waals surface area contributed by atoms with E-state index in [1.807, 2.05) is 43.3 Å². The maximum Gasteiger partial charge on any atom is 0.225 e. The Hall–Kier alpha value is -2.99. The van der Waals surface area contributed by atoms with Crippen LogP contribution in [0.5, 0.6) is 0 Å². The molecule has 0 aliphatic carbocycles. The summed E-state index contributed by atoms with van der Waals surface area (Å²) >= 11 is 0. The molecule has 2 heterocycles. The summed E-state index contributed by atoms with van der Waals surface area (Å²) in [6.45, 7) is 2.66. The first-order valence-corrected chi connectivity index (χ1v) is 8.69. The molecule has 0 amide bonds. The quantitative estimate of drug-likeness (QED) is 0.580. The largest absolute Gasteiger partial charge is 0.394 e. The Kier molecular flexibility index (Phi) is 6.11. The van der Waals surface area contributed by atoms with Crippen LogP contribution in [0.15, 0.2) is 60.9 Å². The Balaban J connectivity index is 1.77. The first kappa shape index (κ1) is 17.8. The van der Waals surface area contributed by atoms with Crippen molar-refractivity contribution in [2.24, 2.45) is 0 Å². The molecule has 0 unspecified atom stereocenters. The van der Waals surface area contributed by atoms with Gasteiger partial charge in [-0.05, 0) is 31.0 Å². The summed E-state index contributed by atoms with van der Waals surface area (Å²) in [5.41, 5.74) is 2.97. The van der Waals surface area contributed by atoms with Crippen molar-refractivity contribution in [2.45, 2.75) is 19.4 Å². The molecule has 0 fully saturated rings. The lowest BCUT2D eigenvalue weighted by Gasteiger charge is -2.14. The number of rotatable bonds is 8. The molecule has 0 radical (unpaired) electrons. The van der Waals surface area contributed by atoms with E-state index in [-0.39, 0.29) is 12.6 Å². The topological polar surface area (TPSA) is 83.0 Å². The Morgan fingerprint density at radius 1 is 1.08 bits per heavy atom. The SMILES string of the molecule is C[C@@H](CO)Nc1nc(NCCc2ccccc2)cc(-c2cccnc2)n1. The minimum absolute atomic E-state index is 0.0112. The molecule has 6 nitrogen and oxygen atoms in total. The van der Waals surface area contributed by atoms with Crippen LogP contribution in [0.3, 0.4) is 0 Å². The molecule has 26 heavy (non-hydrogen) atoms. The highest BCUT2D eigenvalue weighted by molar-refractivity contribution is 5.63. The molecule has 0 saturated heterocycles. The third kappa shape index (κ3) is 5.00. The molecule has 2 aromatic heterocycles. The van der Waals surface area contributed by atoms with Gasteiger partial charge in [0.05, 0.1) is 12.3 Å². The number of aliphatic hydroxyl groups excluding tert-OH is 1. The van der Waals surface area contributed by atoms with Crippen LogP contribution < -0.4 is 10.6 Å². The molecule has 134 valence electrons. The molecular weight excluding hydrogens is 326 g/mol. The highest BCUT2D eigenvalue weighted by atomic mass is 16.3. The average molecular weight is 349 g/mol. The van der Waals surface area contributed by atoms with Crippen molar-refractivity contribution >= 4 is 11.8 Å². The van der Waals surface area contributed by atoms with Crippen LogP contribution in [0.1, 0.15) is 12.5 Å². The zero-order valence-corrected chi connectivity index (χ0v) is 14.8. The molecule has 0 bridgehead atoms. The first-order valence-electron chi connectivity index (χ1n) is 8.69. The van der Waals surface area contributed by atoms with Crippen LogP contribution in [0, 0.1) is 0 Å². The molecule has 6 heteroatoms. The van der Waals surface area contributed by atoms with Crippen molar-refractivity contribution in [2.75, 3.05) is 23.8 Å². The van der Waals surface area contributed by atoms with Gasteiger partial charge in [0.15, 0.2) is 0 Å². The van der Waals surface area contributed by atoms with E-state index in [9.17, 15) is 5.11 Å². The highest BCUT2D eigenvalue weighted by Gasteiger charge is 2.09. The second-order valence-electron chi connectivity index (χ2n) is 6.09. The molecule has 0 saturated carbocycles. The number of benzene rings is 1. The highest BCUT2D eigenvalue weighted by Crippen LogP contribution is 2.21. The number of hydrogen-bond acceptors (Lipinski definition) is 6. The lowest BCUT2D eigenvalue weighted by Crippen LogP contribution is -2.21. The minimum Gasteiger partial charge on any atom is -0.394 e. The van der Waals surface area contributed by atoms with Crippen molar-refractivity contribution in [3.8, 4) is 11.3 Å². The van der Waals surface area contributed by atoms with Gasteiger partial charge < -0.3 is 15.7 Å². The summed E-state index contributed by atoms with van der Waals surface area (Å²) in [7, 11) is 0. The third-order valence-electron chi connectivity index (χ3n) is 3.90. The van der Waals surface area contributed by atoms with Crippen LogP contribution in [0.25, 0.3) is 11.3 Å². The standard InChI is InChI=1S/C20H23N5O/c1-15(14-26)23-20-24-18(17-8-5-10-21-13-17)12-19(25-20)22-11-9-16-6-3-2-4-7-16/h2-8,10,12-13,15,26H,9,11,14H2,1H3,(H2,22,23,24,25)/t15-/m0/s1. The third-order valence-corrected chi connectivity index (χ3v) is 3.90. The van der Waals surface area contributed by atoms with Gasteiger partial charge in [-0.2, -0.15) is 4.98 Å². The first-order chi connectivity index (χ1) is 12.7. The predicted molar refractivity (Wildman–Crippen MR) is 104 cm³/mol.